The number of hydrogen-bond acceptors (Lipinski definition) is 5. The fourth-order valence-electron chi connectivity index (χ4n) is 5.83. The molecule has 4 fully saturated rings. The Kier molecular flexibility index (Phi) is 4.55. The number of ether oxygens (including phenoxy) is 1. The number of esters is 1. The summed E-state index contributed by atoms with van der Waals surface area (Å²) in [5, 5.41) is 10.5. The van der Waals surface area contributed by atoms with Crippen molar-refractivity contribution >= 4 is 11.9 Å². The molecule has 26 heavy (non-hydrogen) atoms. The topological polar surface area (TPSA) is 70.1 Å². The first-order valence-electron chi connectivity index (χ1n) is 10.3. The van der Waals surface area contributed by atoms with Gasteiger partial charge in [0.05, 0.1) is 18.1 Å². The van der Waals surface area contributed by atoms with Crippen molar-refractivity contribution in [3.05, 3.63) is 0 Å². The molecule has 3 unspecified atom stereocenters. The van der Waals surface area contributed by atoms with Gasteiger partial charge in [-0.05, 0) is 39.5 Å². The molecule has 1 N–H and O–H groups in total. The van der Waals surface area contributed by atoms with E-state index in [0.29, 0.717) is 32.0 Å². The molecule has 0 aromatic rings. The average molecular weight is 364 g/mol. The van der Waals surface area contributed by atoms with Crippen LogP contribution in [0, 0.1) is 5.41 Å². The van der Waals surface area contributed by atoms with Crippen LogP contribution in [-0.2, 0) is 14.3 Å². The summed E-state index contributed by atoms with van der Waals surface area (Å²) in [5.41, 5.74) is -1.24. The fraction of sp³-hybridized carbons (Fsp3) is 0.900. The van der Waals surface area contributed by atoms with Gasteiger partial charge in [0.1, 0.15) is 5.54 Å². The number of aliphatic hydroxyl groups excluding tert-OH is 1. The van der Waals surface area contributed by atoms with Crippen LogP contribution in [0.1, 0.15) is 65.2 Å². The number of amides is 1. The lowest BCUT2D eigenvalue weighted by Crippen LogP contribution is -2.59. The molecule has 4 atom stereocenters. The van der Waals surface area contributed by atoms with Crippen LogP contribution >= 0.6 is 0 Å². The standard InChI is InChI=1S/C20H32N2O4/c1-14(19(2)9-11-26-18(19)25)22-13-16(23)12-20(22)8-10-21(17(20)24)15-6-4-3-5-7-15/h14-16,23H,3-13H2,1-2H3/t14?,16-,19?,20?/m1/s1. The smallest absolute Gasteiger partial charge is 0.313 e. The number of cyclic esters (lactones) is 1. The van der Waals surface area contributed by atoms with Crippen LogP contribution in [0.15, 0.2) is 0 Å². The quantitative estimate of drug-likeness (QED) is 0.772. The van der Waals surface area contributed by atoms with Crippen LogP contribution in [0.5, 0.6) is 0 Å². The van der Waals surface area contributed by atoms with Gasteiger partial charge < -0.3 is 14.7 Å². The zero-order valence-corrected chi connectivity index (χ0v) is 16.1. The second kappa shape index (κ2) is 6.48. The fourth-order valence-corrected chi connectivity index (χ4v) is 5.83. The lowest BCUT2D eigenvalue weighted by atomic mass is 9.79. The maximum absolute atomic E-state index is 13.5. The lowest BCUT2D eigenvalue weighted by molar-refractivity contribution is -0.152. The molecular weight excluding hydrogens is 332 g/mol. The molecule has 1 aliphatic carbocycles. The number of carbonyl (C=O) groups is 2. The third kappa shape index (κ3) is 2.60. The highest BCUT2D eigenvalue weighted by molar-refractivity contribution is 5.89. The monoisotopic (exact) mass is 364 g/mol. The van der Waals surface area contributed by atoms with Crippen molar-refractivity contribution in [3.8, 4) is 0 Å². The van der Waals surface area contributed by atoms with E-state index in [4.69, 9.17) is 4.74 Å². The summed E-state index contributed by atoms with van der Waals surface area (Å²) in [6, 6.07) is 0.238. The number of nitrogens with zero attached hydrogens (tertiary/aromatic N) is 2. The molecule has 1 spiro atoms. The average Bonchev–Trinajstić information content (AvgIpc) is 3.26. The Morgan fingerprint density at radius 1 is 1.19 bits per heavy atom. The molecule has 3 heterocycles. The van der Waals surface area contributed by atoms with Gasteiger partial charge in [-0.25, -0.2) is 0 Å². The van der Waals surface area contributed by atoms with E-state index in [2.05, 4.69) is 9.80 Å². The molecule has 3 saturated heterocycles. The molecule has 6 heteroatoms. The van der Waals surface area contributed by atoms with E-state index in [0.717, 1.165) is 25.8 Å². The Hall–Kier alpha value is -1.14. The summed E-state index contributed by atoms with van der Waals surface area (Å²) >= 11 is 0. The van der Waals surface area contributed by atoms with Crippen LogP contribution in [0.3, 0.4) is 0 Å². The van der Waals surface area contributed by atoms with Gasteiger partial charge in [-0.1, -0.05) is 19.3 Å². The first kappa shape index (κ1) is 18.2. The SMILES string of the molecule is CC(N1C[C@H](O)CC12CCN(C1CCCCC1)C2=O)C1(C)CCOC1=O. The highest BCUT2D eigenvalue weighted by Gasteiger charge is 2.61. The lowest BCUT2D eigenvalue weighted by Gasteiger charge is -2.43. The van der Waals surface area contributed by atoms with Gasteiger partial charge in [-0.3, -0.25) is 14.5 Å². The summed E-state index contributed by atoms with van der Waals surface area (Å²) < 4.78 is 5.25. The first-order valence-corrected chi connectivity index (χ1v) is 10.3. The molecule has 1 saturated carbocycles. The normalized spacial score (nSPS) is 40.6. The number of aliphatic hydroxyl groups is 1. The van der Waals surface area contributed by atoms with E-state index < -0.39 is 17.1 Å². The molecule has 0 bridgehead atoms. The van der Waals surface area contributed by atoms with Gasteiger partial charge in [-0.2, -0.15) is 0 Å². The second-order valence-corrected chi connectivity index (χ2v) is 9.06. The zero-order chi connectivity index (χ0) is 18.5. The predicted octanol–water partition coefficient (Wildman–Crippen LogP) is 1.70. The molecule has 146 valence electrons. The van der Waals surface area contributed by atoms with Crippen molar-refractivity contribution in [2.75, 3.05) is 19.7 Å². The minimum atomic E-state index is -0.637. The van der Waals surface area contributed by atoms with Gasteiger partial charge in [0.25, 0.3) is 0 Å². The minimum Gasteiger partial charge on any atom is -0.465 e. The number of β-amino-alcohol motifs (C(OH)–C–C–N with tert-alkyl or cyclic N) is 1. The van der Waals surface area contributed by atoms with E-state index in [1.165, 1.54) is 19.3 Å². The van der Waals surface area contributed by atoms with Crippen LogP contribution in [0.2, 0.25) is 0 Å². The summed E-state index contributed by atoms with van der Waals surface area (Å²) in [6.45, 7) is 5.67. The van der Waals surface area contributed by atoms with Crippen molar-refractivity contribution in [1.82, 2.24) is 9.80 Å². The molecule has 4 aliphatic rings. The van der Waals surface area contributed by atoms with E-state index in [1.807, 2.05) is 13.8 Å². The minimum absolute atomic E-state index is 0.120. The predicted molar refractivity (Wildman–Crippen MR) is 96.4 cm³/mol. The largest absolute Gasteiger partial charge is 0.465 e. The summed E-state index contributed by atoms with van der Waals surface area (Å²) in [6.07, 6.45) is 7.30. The van der Waals surface area contributed by atoms with Crippen LogP contribution in [0.4, 0.5) is 0 Å². The molecule has 4 rings (SSSR count). The number of likely N-dealkylation sites (tertiary alicyclic amines) is 2. The summed E-state index contributed by atoms with van der Waals surface area (Å²) in [5.74, 6) is 0.0129. The summed E-state index contributed by atoms with van der Waals surface area (Å²) in [7, 11) is 0. The van der Waals surface area contributed by atoms with Crippen LogP contribution in [-0.4, -0.2) is 70.2 Å². The van der Waals surface area contributed by atoms with Gasteiger partial charge in [-0.15, -0.1) is 0 Å². The van der Waals surface area contributed by atoms with Crippen molar-refractivity contribution in [3.63, 3.8) is 0 Å². The van der Waals surface area contributed by atoms with Crippen molar-refractivity contribution in [2.45, 2.75) is 88.9 Å². The molecular formula is C20H32N2O4. The third-order valence-corrected chi connectivity index (χ3v) is 7.68. The Bertz CT molecular complexity index is 590. The van der Waals surface area contributed by atoms with Gasteiger partial charge >= 0.3 is 5.97 Å². The molecule has 0 radical (unpaired) electrons. The van der Waals surface area contributed by atoms with Gasteiger partial charge in [0.2, 0.25) is 5.91 Å². The Balaban J connectivity index is 1.59. The van der Waals surface area contributed by atoms with Crippen LogP contribution in [0.25, 0.3) is 0 Å². The van der Waals surface area contributed by atoms with Crippen molar-refractivity contribution in [1.29, 1.82) is 0 Å². The second-order valence-electron chi connectivity index (χ2n) is 9.06. The van der Waals surface area contributed by atoms with Crippen molar-refractivity contribution in [2.24, 2.45) is 5.41 Å². The first-order chi connectivity index (χ1) is 12.4. The van der Waals surface area contributed by atoms with Crippen LogP contribution < -0.4 is 0 Å². The third-order valence-electron chi connectivity index (χ3n) is 7.68. The highest BCUT2D eigenvalue weighted by atomic mass is 16.5. The Morgan fingerprint density at radius 3 is 2.58 bits per heavy atom. The number of hydrogen-bond donors (Lipinski definition) is 1. The van der Waals surface area contributed by atoms with E-state index >= 15 is 0 Å². The highest BCUT2D eigenvalue weighted by Crippen LogP contribution is 2.46. The Morgan fingerprint density at radius 2 is 1.92 bits per heavy atom. The maximum Gasteiger partial charge on any atom is 0.313 e. The summed E-state index contributed by atoms with van der Waals surface area (Å²) in [4.78, 5) is 30.2. The molecule has 0 aromatic heterocycles. The number of carbonyl (C=O) groups excluding carboxylic acids is 2. The maximum atomic E-state index is 13.5. The van der Waals surface area contributed by atoms with E-state index in [9.17, 15) is 14.7 Å². The van der Waals surface area contributed by atoms with E-state index in [1.54, 1.807) is 0 Å². The van der Waals surface area contributed by atoms with Crippen molar-refractivity contribution < 1.29 is 19.4 Å². The Labute approximate surface area is 155 Å². The zero-order valence-electron chi connectivity index (χ0n) is 16.1. The van der Waals surface area contributed by atoms with Gasteiger partial charge in [0, 0.05) is 31.6 Å². The molecule has 1 amide bonds. The molecule has 6 nitrogen and oxygen atoms in total. The molecule has 0 aromatic carbocycles. The van der Waals surface area contributed by atoms with Gasteiger partial charge in [0.15, 0.2) is 0 Å². The molecule has 3 aliphatic heterocycles. The number of rotatable bonds is 3. The van der Waals surface area contributed by atoms with E-state index in [-0.39, 0.29) is 17.9 Å².